The minimum atomic E-state index is 0.00122. The normalized spacial score (nSPS) is 10.7. The number of hydrogen-bond acceptors (Lipinski definition) is 4. The molecule has 3 rings (SSSR count). The molecule has 0 aliphatic heterocycles. The average Bonchev–Trinajstić information content (AvgIpc) is 3.11. The van der Waals surface area contributed by atoms with E-state index in [1.807, 2.05) is 59.6 Å². The van der Waals surface area contributed by atoms with E-state index in [1.54, 1.807) is 0 Å². The number of aromatic nitrogens is 1. The van der Waals surface area contributed by atoms with Gasteiger partial charge in [-0.15, -0.1) is 11.3 Å². The Bertz CT molecular complexity index is 852. The number of nitrogens with zero attached hydrogens (tertiary/aromatic N) is 1. The van der Waals surface area contributed by atoms with Crippen LogP contribution in [0.4, 0.5) is 0 Å². The van der Waals surface area contributed by atoms with Gasteiger partial charge in [-0.25, -0.2) is 4.98 Å². The summed E-state index contributed by atoms with van der Waals surface area (Å²) < 4.78 is 0. The van der Waals surface area contributed by atoms with Crippen LogP contribution in [-0.2, 0) is 17.0 Å². The molecule has 1 amide bonds. The van der Waals surface area contributed by atoms with Crippen molar-refractivity contribution in [3.8, 4) is 10.6 Å². The molecule has 0 spiro atoms. The molecule has 2 aromatic carbocycles. The van der Waals surface area contributed by atoms with Crippen molar-refractivity contribution in [3.63, 3.8) is 0 Å². The van der Waals surface area contributed by atoms with Crippen molar-refractivity contribution in [1.82, 2.24) is 10.3 Å². The Balaban J connectivity index is 1.41. The Kier molecular flexibility index (Phi) is 7.12. The second kappa shape index (κ2) is 9.76. The quantitative estimate of drug-likeness (QED) is 0.536. The summed E-state index contributed by atoms with van der Waals surface area (Å²) in [6.45, 7) is 0.665. The lowest BCUT2D eigenvalue weighted by Crippen LogP contribution is -2.27. The highest BCUT2D eigenvalue weighted by molar-refractivity contribution is 7.98. The van der Waals surface area contributed by atoms with Gasteiger partial charge in [-0.3, -0.25) is 4.79 Å². The van der Waals surface area contributed by atoms with Crippen molar-refractivity contribution in [3.05, 3.63) is 76.3 Å². The molecular weight excluding hydrogens is 384 g/mol. The van der Waals surface area contributed by atoms with E-state index >= 15 is 0 Å². The van der Waals surface area contributed by atoms with E-state index in [-0.39, 0.29) is 5.91 Å². The first-order valence-electron chi connectivity index (χ1n) is 8.30. The number of hydrogen-bond donors (Lipinski definition) is 1. The molecule has 0 saturated carbocycles. The third-order valence-corrected chi connectivity index (χ3v) is 5.96. The maximum absolute atomic E-state index is 12.1. The number of thioether (sulfide) groups is 1. The Morgan fingerprint density at radius 2 is 1.88 bits per heavy atom. The highest BCUT2D eigenvalue weighted by Gasteiger charge is 2.10. The Morgan fingerprint density at radius 1 is 1.12 bits per heavy atom. The van der Waals surface area contributed by atoms with Crippen molar-refractivity contribution in [2.24, 2.45) is 0 Å². The maximum atomic E-state index is 12.1. The first-order chi connectivity index (χ1) is 12.7. The molecule has 0 saturated heterocycles. The van der Waals surface area contributed by atoms with Crippen LogP contribution < -0.4 is 5.32 Å². The second-order valence-electron chi connectivity index (χ2n) is 5.69. The number of halogens is 1. The van der Waals surface area contributed by atoms with Crippen molar-refractivity contribution in [1.29, 1.82) is 0 Å². The fourth-order valence-electron chi connectivity index (χ4n) is 2.40. The van der Waals surface area contributed by atoms with Crippen molar-refractivity contribution in [2.75, 3.05) is 12.3 Å². The summed E-state index contributed by atoms with van der Waals surface area (Å²) in [7, 11) is 0. The fourth-order valence-corrected chi connectivity index (χ4v) is 4.36. The monoisotopic (exact) mass is 402 g/mol. The van der Waals surface area contributed by atoms with Crippen molar-refractivity contribution >= 4 is 40.6 Å². The molecule has 1 aromatic heterocycles. The largest absolute Gasteiger partial charge is 0.355 e. The number of carbonyl (C=O) groups excluding carboxylic acids is 1. The number of thiazole rings is 1. The molecule has 26 heavy (non-hydrogen) atoms. The Labute approximate surface area is 166 Å². The molecule has 0 radical (unpaired) electrons. The zero-order valence-corrected chi connectivity index (χ0v) is 16.5. The van der Waals surface area contributed by atoms with Gasteiger partial charge < -0.3 is 5.32 Å². The SMILES string of the molecule is O=C(Cc1csc(-c2ccccc2Cl)n1)NCCSCc1ccccc1. The van der Waals surface area contributed by atoms with Gasteiger partial charge in [0.15, 0.2) is 0 Å². The van der Waals surface area contributed by atoms with E-state index < -0.39 is 0 Å². The van der Waals surface area contributed by atoms with Gasteiger partial charge in [-0.1, -0.05) is 60.1 Å². The summed E-state index contributed by atoms with van der Waals surface area (Å²) in [5.41, 5.74) is 2.99. The van der Waals surface area contributed by atoms with E-state index in [2.05, 4.69) is 22.4 Å². The summed E-state index contributed by atoms with van der Waals surface area (Å²) in [5.74, 6) is 1.85. The van der Waals surface area contributed by atoms with Crippen LogP contribution in [0.3, 0.4) is 0 Å². The number of rotatable bonds is 8. The van der Waals surface area contributed by atoms with Crippen LogP contribution >= 0.6 is 34.7 Å². The van der Waals surface area contributed by atoms with Crippen LogP contribution in [-0.4, -0.2) is 23.2 Å². The smallest absolute Gasteiger partial charge is 0.226 e. The van der Waals surface area contributed by atoms with Gasteiger partial charge in [0.2, 0.25) is 5.91 Å². The molecule has 0 bridgehead atoms. The first kappa shape index (κ1) is 19.0. The van der Waals surface area contributed by atoms with Crippen LogP contribution in [0.1, 0.15) is 11.3 Å². The van der Waals surface area contributed by atoms with E-state index in [1.165, 1.54) is 16.9 Å². The van der Waals surface area contributed by atoms with Gasteiger partial charge in [0, 0.05) is 29.0 Å². The Hall–Kier alpha value is -1.82. The third-order valence-electron chi connectivity index (χ3n) is 3.68. The second-order valence-corrected chi connectivity index (χ2v) is 8.06. The van der Waals surface area contributed by atoms with E-state index in [0.717, 1.165) is 27.8 Å². The highest BCUT2D eigenvalue weighted by Crippen LogP contribution is 2.30. The summed E-state index contributed by atoms with van der Waals surface area (Å²) >= 11 is 9.52. The average molecular weight is 403 g/mol. The van der Waals surface area contributed by atoms with Crippen molar-refractivity contribution in [2.45, 2.75) is 12.2 Å². The zero-order valence-electron chi connectivity index (χ0n) is 14.2. The number of benzene rings is 2. The lowest BCUT2D eigenvalue weighted by atomic mass is 10.2. The zero-order chi connectivity index (χ0) is 18.2. The predicted molar refractivity (Wildman–Crippen MR) is 112 cm³/mol. The minimum absolute atomic E-state index is 0.00122. The lowest BCUT2D eigenvalue weighted by molar-refractivity contribution is -0.120. The van der Waals surface area contributed by atoms with Gasteiger partial charge in [0.05, 0.1) is 17.1 Å². The minimum Gasteiger partial charge on any atom is -0.355 e. The number of amides is 1. The van der Waals surface area contributed by atoms with Gasteiger partial charge in [0.25, 0.3) is 0 Å². The topological polar surface area (TPSA) is 42.0 Å². The molecule has 1 N–H and O–H groups in total. The molecule has 0 fully saturated rings. The first-order valence-corrected chi connectivity index (χ1v) is 10.7. The van der Waals surface area contributed by atoms with Crippen molar-refractivity contribution < 1.29 is 4.79 Å². The van der Waals surface area contributed by atoms with E-state index in [4.69, 9.17) is 11.6 Å². The summed E-state index contributed by atoms with van der Waals surface area (Å²) in [5, 5.41) is 6.39. The molecule has 0 aliphatic rings. The summed E-state index contributed by atoms with van der Waals surface area (Å²) in [4.78, 5) is 16.6. The molecule has 0 unspecified atom stereocenters. The molecule has 3 nitrogen and oxygen atoms in total. The van der Waals surface area contributed by atoms with Crippen LogP contribution in [0, 0.1) is 0 Å². The molecular formula is C20H19ClN2OS2. The standard InChI is InChI=1S/C20H19ClN2OS2/c21-18-9-5-4-8-17(18)20-23-16(14-26-20)12-19(24)22-10-11-25-13-15-6-2-1-3-7-15/h1-9,14H,10-13H2,(H,22,24). The number of carbonyl (C=O) groups is 1. The molecule has 1 heterocycles. The van der Waals surface area contributed by atoms with Gasteiger partial charge in [0.1, 0.15) is 5.01 Å². The van der Waals surface area contributed by atoms with E-state index in [0.29, 0.717) is 18.0 Å². The van der Waals surface area contributed by atoms with Gasteiger partial charge in [-0.2, -0.15) is 11.8 Å². The molecule has 0 aliphatic carbocycles. The van der Waals surface area contributed by atoms with Gasteiger partial charge in [-0.05, 0) is 11.6 Å². The fraction of sp³-hybridized carbons (Fsp3) is 0.200. The molecule has 0 atom stereocenters. The molecule has 134 valence electrons. The van der Waals surface area contributed by atoms with Crippen LogP contribution in [0.15, 0.2) is 60.0 Å². The molecule has 6 heteroatoms. The van der Waals surface area contributed by atoms with E-state index in [9.17, 15) is 4.79 Å². The molecule has 3 aromatic rings. The maximum Gasteiger partial charge on any atom is 0.226 e. The summed E-state index contributed by atoms with van der Waals surface area (Å²) in [6, 6.07) is 17.9. The van der Waals surface area contributed by atoms with Gasteiger partial charge >= 0.3 is 0 Å². The Morgan fingerprint density at radius 3 is 2.69 bits per heavy atom. The van der Waals surface area contributed by atoms with Crippen LogP contribution in [0.2, 0.25) is 5.02 Å². The summed E-state index contributed by atoms with van der Waals surface area (Å²) in [6.07, 6.45) is 0.296. The third kappa shape index (κ3) is 5.59. The van der Waals surface area contributed by atoms with Crippen LogP contribution in [0.25, 0.3) is 10.6 Å². The van der Waals surface area contributed by atoms with Crippen LogP contribution in [0.5, 0.6) is 0 Å². The number of nitrogens with one attached hydrogen (secondary N) is 1. The predicted octanol–water partition coefficient (Wildman–Crippen LogP) is 5.06. The highest BCUT2D eigenvalue weighted by atomic mass is 35.5. The lowest BCUT2D eigenvalue weighted by Gasteiger charge is -2.04.